The first kappa shape index (κ1) is 18.4. The number of benzene rings is 2. The molecule has 0 saturated carbocycles. The SMILES string of the molecule is CNS(=O)(=O)c1cc(C(=O)N[C@H](C)c2cc3ccccc3o2)ccc1Cl. The summed E-state index contributed by atoms with van der Waals surface area (Å²) in [5.41, 5.74) is 0.920. The third-order valence-electron chi connectivity index (χ3n) is 3.97. The summed E-state index contributed by atoms with van der Waals surface area (Å²) >= 11 is 5.95. The molecule has 0 aliphatic rings. The van der Waals surface area contributed by atoms with Crippen molar-refractivity contribution < 1.29 is 17.6 Å². The van der Waals surface area contributed by atoms with E-state index < -0.39 is 22.0 Å². The minimum absolute atomic E-state index is 0.0428. The molecule has 8 heteroatoms. The van der Waals surface area contributed by atoms with E-state index in [2.05, 4.69) is 10.0 Å². The van der Waals surface area contributed by atoms with Crippen molar-refractivity contribution in [1.82, 2.24) is 10.0 Å². The average molecular weight is 393 g/mol. The van der Waals surface area contributed by atoms with Crippen LogP contribution < -0.4 is 10.0 Å². The predicted octanol–water partition coefficient (Wildman–Crippen LogP) is 3.49. The zero-order valence-corrected chi connectivity index (χ0v) is 15.7. The minimum Gasteiger partial charge on any atom is -0.459 e. The second-order valence-electron chi connectivity index (χ2n) is 5.73. The molecular formula is C18H17ClN2O4S. The summed E-state index contributed by atoms with van der Waals surface area (Å²) in [6.07, 6.45) is 0. The molecule has 1 atom stereocenters. The van der Waals surface area contributed by atoms with Crippen molar-refractivity contribution in [3.05, 3.63) is 64.9 Å². The van der Waals surface area contributed by atoms with Gasteiger partial charge in [0.1, 0.15) is 16.2 Å². The van der Waals surface area contributed by atoms with Crippen LogP contribution in [0.3, 0.4) is 0 Å². The number of furan rings is 1. The van der Waals surface area contributed by atoms with Gasteiger partial charge in [-0.2, -0.15) is 0 Å². The van der Waals surface area contributed by atoms with Crippen molar-refractivity contribution >= 4 is 38.5 Å². The van der Waals surface area contributed by atoms with Crippen LogP contribution in [0.25, 0.3) is 11.0 Å². The lowest BCUT2D eigenvalue weighted by molar-refractivity contribution is 0.0935. The Morgan fingerprint density at radius 1 is 1.15 bits per heavy atom. The fourth-order valence-electron chi connectivity index (χ4n) is 2.53. The molecule has 3 rings (SSSR count). The van der Waals surface area contributed by atoms with Gasteiger partial charge >= 0.3 is 0 Å². The second kappa shape index (κ2) is 7.11. The largest absolute Gasteiger partial charge is 0.459 e. The normalized spacial score (nSPS) is 12.9. The van der Waals surface area contributed by atoms with E-state index in [1.54, 1.807) is 6.92 Å². The third-order valence-corrected chi connectivity index (χ3v) is 5.87. The van der Waals surface area contributed by atoms with Crippen LogP contribution in [0, 0.1) is 0 Å². The predicted molar refractivity (Wildman–Crippen MR) is 99.8 cm³/mol. The highest BCUT2D eigenvalue weighted by Crippen LogP contribution is 2.25. The van der Waals surface area contributed by atoms with E-state index >= 15 is 0 Å². The zero-order valence-electron chi connectivity index (χ0n) is 14.1. The highest BCUT2D eigenvalue weighted by atomic mass is 35.5. The standard InChI is InChI=1S/C18H17ClN2O4S/c1-11(16-9-12-5-3-4-6-15(12)25-16)21-18(22)13-7-8-14(19)17(10-13)26(23,24)20-2/h3-11,20H,1-2H3,(H,21,22)/t11-/m1/s1. The Morgan fingerprint density at radius 2 is 1.88 bits per heavy atom. The molecule has 26 heavy (non-hydrogen) atoms. The molecule has 0 radical (unpaired) electrons. The maximum Gasteiger partial charge on any atom is 0.251 e. The van der Waals surface area contributed by atoms with Gasteiger partial charge in [0, 0.05) is 10.9 Å². The Bertz CT molecular complexity index is 1040. The van der Waals surface area contributed by atoms with Gasteiger partial charge < -0.3 is 9.73 Å². The number of hydrogen-bond donors (Lipinski definition) is 2. The Labute approximate surface area is 156 Å². The van der Waals surface area contributed by atoms with Gasteiger partial charge in [-0.15, -0.1) is 0 Å². The van der Waals surface area contributed by atoms with Gasteiger partial charge in [-0.1, -0.05) is 29.8 Å². The van der Waals surface area contributed by atoms with E-state index in [-0.39, 0.29) is 15.5 Å². The molecule has 0 spiro atoms. The number of rotatable bonds is 5. The molecule has 0 aliphatic heterocycles. The van der Waals surface area contributed by atoms with E-state index in [0.717, 1.165) is 11.0 Å². The molecule has 3 aromatic rings. The number of nitrogens with one attached hydrogen (secondary N) is 2. The molecule has 0 aliphatic carbocycles. The molecule has 1 aromatic heterocycles. The third kappa shape index (κ3) is 3.60. The van der Waals surface area contributed by atoms with Crippen LogP contribution in [-0.4, -0.2) is 21.4 Å². The second-order valence-corrected chi connectivity index (χ2v) is 8.00. The summed E-state index contributed by atoms with van der Waals surface area (Å²) in [7, 11) is -2.48. The monoisotopic (exact) mass is 392 g/mol. The number of sulfonamides is 1. The van der Waals surface area contributed by atoms with Gasteiger partial charge in [-0.05, 0) is 44.3 Å². The van der Waals surface area contributed by atoms with Crippen molar-refractivity contribution in [3.63, 3.8) is 0 Å². The van der Waals surface area contributed by atoms with Crippen molar-refractivity contribution in [3.8, 4) is 0 Å². The minimum atomic E-state index is -3.76. The molecule has 1 amide bonds. The number of halogens is 1. The highest BCUT2D eigenvalue weighted by molar-refractivity contribution is 7.89. The number of hydrogen-bond acceptors (Lipinski definition) is 4. The lowest BCUT2D eigenvalue weighted by Crippen LogP contribution is -2.27. The topological polar surface area (TPSA) is 88.4 Å². The fourth-order valence-corrected chi connectivity index (χ4v) is 3.78. The lowest BCUT2D eigenvalue weighted by Gasteiger charge is -2.12. The van der Waals surface area contributed by atoms with E-state index in [1.165, 1.54) is 25.2 Å². The number of para-hydroxylation sites is 1. The summed E-state index contributed by atoms with van der Waals surface area (Å²) in [6, 6.07) is 13.1. The molecule has 1 heterocycles. The Hall–Kier alpha value is -2.35. The number of carbonyl (C=O) groups is 1. The van der Waals surface area contributed by atoms with Gasteiger partial charge in [0.15, 0.2) is 0 Å². The quantitative estimate of drug-likeness (QED) is 0.695. The van der Waals surface area contributed by atoms with Gasteiger partial charge in [-0.25, -0.2) is 13.1 Å². The Balaban J connectivity index is 1.84. The maximum atomic E-state index is 12.5. The van der Waals surface area contributed by atoms with Crippen LogP contribution >= 0.6 is 11.6 Å². The van der Waals surface area contributed by atoms with Crippen molar-refractivity contribution in [2.75, 3.05) is 7.05 Å². The van der Waals surface area contributed by atoms with Crippen molar-refractivity contribution in [1.29, 1.82) is 0 Å². The van der Waals surface area contributed by atoms with Crippen LogP contribution in [0.2, 0.25) is 5.02 Å². The first-order valence-electron chi connectivity index (χ1n) is 7.84. The fraction of sp³-hybridized carbons (Fsp3) is 0.167. The zero-order chi connectivity index (χ0) is 18.9. The van der Waals surface area contributed by atoms with Gasteiger partial charge in [0.05, 0.1) is 11.1 Å². The molecule has 0 saturated heterocycles. The summed E-state index contributed by atoms with van der Waals surface area (Å²) < 4.78 is 31.9. The van der Waals surface area contributed by atoms with E-state index in [0.29, 0.717) is 5.76 Å². The van der Waals surface area contributed by atoms with Crippen LogP contribution in [0.5, 0.6) is 0 Å². The van der Waals surface area contributed by atoms with E-state index in [9.17, 15) is 13.2 Å². The van der Waals surface area contributed by atoms with Crippen molar-refractivity contribution in [2.24, 2.45) is 0 Å². The molecule has 2 N–H and O–H groups in total. The molecule has 0 bridgehead atoms. The van der Waals surface area contributed by atoms with Crippen LogP contribution in [0.15, 0.2) is 57.8 Å². The van der Waals surface area contributed by atoms with Crippen LogP contribution in [0.4, 0.5) is 0 Å². The van der Waals surface area contributed by atoms with E-state index in [4.69, 9.17) is 16.0 Å². The molecule has 0 fully saturated rings. The van der Waals surface area contributed by atoms with Gasteiger partial charge in [-0.3, -0.25) is 4.79 Å². The summed E-state index contributed by atoms with van der Waals surface area (Å²) in [5, 5.41) is 3.78. The Morgan fingerprint density at radius 3 is 2.58 bits per heavy atom. The molecule has 2 aromatic carbocycles. The first-order valence-corrected chi connectivity index (χ1v) is 9.70. The molecule has 0 unspecified atom stereocenters. The summed E-state index contributed by atoms with van der Waals surface area (Å²) in [6.45, 7) is 1.79. The number of fused-ring (bicyclic) bond motifs is 1. The summed E-state index contributed by atoms with van der Waals surface area (Å²) in [4.78, 5) is 12.4. The molecule has 6 nitrogen and oxygen atoms in total. The van der Waals surface area contributed by atoms with Crippen LogP contribution in [-0.2, 0) is 10.0 Å². The number of carbonyl (C=O) groups excluding carboxylic acids is 1. The smallest absolute Gasteiger partial charge is 0.251 e. The maximum absolute atomic E-state index is 12.5. The van der Waals surface area contributed by atoms with E-state index in [1.807, 2.05) is 30.3 Å². The van der Waals surface area contributed by atoms with Gasteiger partial charge in [0.2, 0.25) is 10.0 Å². The van der Waals surface area contributed by atoms with Crippen LogP contribution in [0.1, 0.15) is 29.1 Å². The lowest BCUT2D eigenvalue weighted by atomic mass is 10.1. The summed E-state index contributed by atoms with van der Waals surface area (Å²) in [5.74, 6) is 0.179. The van der Waals surface area contributed by atoms with Crippen molar-refractivity contribution in [2.45, 2.75) is 17.9 Å². The molecular weight excluding hydrogens is 376 g/mol. The highest BCUT2D eigenvalue weighted by Gasteiger charge is 2.20. The number of amides is 1. The van der Waals surface area contributed by atoms with Gasteiger partial charge in [0.25, 0.3) is 5.91 Å². The average Bonchev–Trinajstić information content (AvgIpc) is 3.06. The molecule has 136 valence electrons. The first-order chi connectivity index (χ1) is 12.3. The Kier molecular flexibility index (Phi) is 5.04.